The summed E-state index contributed by atoms with van der Waals surface area (Å²) in [6.07, 6.45) is 9.89. The molecule has 10 heteroatoms. The van der Waals surface area contributed by atoms with Crippen LogP contribution in [0.3, 0.4) is 0 Å². The van der Waals surface area contributed by atoms with Gasteiger partial charge in [-0.25, -0.2) is 10.0 Å². The summed E-state index contributed by atoms with van der Waals surface area (Å²) in [5.41, 5.74) is 3.71. The van der Waals surface area contributed by atoms with Gasteiger partial charge in [0, 0.05) is 38.8 Å². The van der Waals surface area contributed by atoms with E-state index in [4.69, 9.17) is 14.6 Å². The van der Waals surface area contributed by atoms with E-state index in [9.17, 15) is 9.59 Å². The van der Waals surface area contributed by atoms with Crippen LogP contribution >= 0.6 is 0 Å². The molecule has 2 heterocycles. The summed E-state index contributed by atoms with van der Waals surface area (Å²) in [5, 5.41) is 8.41. The van der Waals surface area contributed by atoms with Gasteiger partial charge in [-0.2, -0.15) is 0 Å². The van der Waals surface area contributed by atoms with Crippen LogP contribution in [0, 0.1) is 11.8 Å². The molecule has 2 unspecified atom stereocenters. The molecule has 0 radical (unpaired) electrons. The maximum Gasteiger partial charge on any atom is 0.263 e. The van der Waals surface area contributed by atoms with E-state index in [1.807, 2.05) is 76.5 Å². The van der Waals surface area contributed by atoms with Gasteiger partial charge < -0.3 is 24.8 Å². The Kier molecular flexibility index (Phi) is 13.4. The Labute approximate surface area is 356 Å². The minimum absolute atomic E-state index is 0.0473. The Balaban J connectivity index is 1.16. The van der Waals surface area contributed by atoms with E-state index >= 15 is 0 Å². The van der Waals surface area contributed by atoms with Crippen molar-refractivity contribution in [1.29, 1.82) is 0 Å². The first-order valence-corrected chi connectivity index (χ1v) is 21.6. The van der Waals surface area contributed by atoms with Gasteiger partial charge in [0.25, 0.3) is 5.91 Å². The smallest absolute Gasteiger partial charge is 0.263 e. The molecule has 7 rings (SSSR count). The fourth-order valence-electron chi connectivity index (χ4n) is 9.41. The summed E-state index contributed by atoms with van der Waals surface area (Å²) in [6, 6.07) is 38.0. The van der Waals surface area contributed by atoms with Crippen molar-refractivity contribution < 1.29 is 19.2 Å². The third kappa shape index (κ3) is 9.45. The van der Waals surface area contributed by atoms with Crippen molar-refractivity contribution in [3.8, 4) is 5.75 Å². The lowest BCUT2D eigenvalue weighted by atomic mass is 9.72. The van der Waals surface area contributed by atoms with Crippen molar-refractivity contribution >= 4 is 17.5 Å². The Morgan fingerprint density at radius 3 is 1.98 bits per heavy atom. The summed E-state index contributed by atoms with van der Waals surface area (Å²) >= 11 is 0. The van der Waals surface area contributed by atoms with Gasteiger partial charge in [-0.15, -0.1) is 0 Å². The van der Waals surface area contributed by atoms with Crippen LogP contribution in [0.25, 0.3) is 0 Å². The van der Waals surface area contributed by atoms with Gasteiger partial charge in [0.05, 0.1) is 30.9 Å². The molecule has 0 bridgehead atoms. The number of nitrogens with one attached hydrogen (secondary N) is 2. The number of aromatic nitrogens is 2. The Bertz CT molecular complexity index is 2060. The van der Waals surface area contributed by atoms with E-state index in [1.54, 1.807) is 7.05 Å². The van der Waals surface area contributed by atoms with Crippen LogP contribution in [-0.4, -0.2) is 82.3 Å². The predicted molar refractivity (Wildman–Crippen MR) is 238 cm³/mol. The second-order valence-electron chi connectivity index (χ2n) is 17.5. The number of nitrogens with zero attached hydrogens (tertiary/aromatic N) is 4. The van der Waals surface area contributed by atoms with Crippen LogP contribution in [0.4, 0.5) is 5.69 Å². The third-order valence-corrected chi connectivity index (χ3v) is 12.3. The van der Waals surface area contributed by atoms with Gasteiger partial charge in [-0.3, -0.25) is 14.4 Å². The number of amides is 2. The van der Waals surface area contributed by atoms with Crippen LogP contribution in [0.15, 0.2) is 128 Å². The summed E-state index contributed by atoms with van der Waals surface area (Å²) < 4.78 is 8.43. The minimum Gasteiger partial charge on any atom is -0.486 e. The second kappa shape index (κ2) is 18.9. The number of hydrogen-bond acceptors (Lipinski definition) is 7. The molecule has 2 aliphatic rings. The van der Waals surface area contributed by atoms with Crippen molar-refractivity contribution in [3.63, 3.8) is 0 Å². The molecule has 1 aliphatic carbocycles. The SMILES string of the molecule is CON(C)C(=O)C(Cc1cn(C(c2ccccc2)(c2ccccc2)c2ccccc2)cn1)NC[C@@H]1C[C@H]2CCCC[C@@H]2CN1C(=O)C(C)Nc1ccccc1OC(C)(C)C. The molecule has 2 amide bonds. The highest BCUT2D eigenvalue weighted by atomic mass is 16.7. The zero-order chi connectivity index (χ0) is 42.3. The number of hydrogen-bond donors (Lipinski definition) is 2. The van der Waals surface area contributed by atoms with Crippen LogP contribution in [0.2, 0.25) is 0 Å². The minimum atomic E-state index is -0.727. The van der Waals surface area contributed by atoms with E-state index in [0.29, 0.717) is 37.1 Å². The standard InChI is InChI=1S/C50H62N6O4/c1-36(53-44-28-18-19-29-46(44)60-49(2,3)4)47(57)56-33-38-21-17-16-20-37(38)30-43(56)32-51-45(48(58)54(5)59-6)31-42-34-55(35-52-42)50(39-22-10-7-11-23-39,40-24-12-8-13-25-40)41-26-14-9-15-27-41/h7-15,18-19,22-29,34-38,43,45,51,53H,16-17,20-21,30-33H2,1-6H3/t36?,37-,38-,43+,45?/m1/s1. The first-order valence-electron chi connectivity index (χ1n) is 21.6. The summed E-state index contributed by atoms with van der Waals surface area (Å²) in [6.45, 7) is 9.17. The number of benzene rings is 4. The molecule has 5 atom stereocenters. The van der Waals surface area contributed by atoms with Crippen molar-refractivity contribution in [2.45, 2.75) is 95.5 Å². The molecule has 316 valence electrons. The first-order chi connectivity index (χ1) is 29.0. The molecule has 60 heavy (non-hydrogen) atoms. The van der Waals surface area contributed by atoms with Crippen LogP contribution in [-0.2, 0) is 26.4 Å². The number of likely N-dealkylation sites (N-methyl/N-ethyl adjacent to an activating group) is 1. The Hall–Kier alpha value is -5.45. The van der Waals surface area contributed by atoms with Crippen molar-refractivity contribution in [1.82, 2.24) is 24.8 Å². The number of hydroxylamine groups is 2. The predicted octanol–water partition coefficient (Wildman–Crippen LogP) is 8.33. The number of piperidine rings is 1. The summed E-state index contributed by atoms with van der Waals surface area (Å²) in [7, 11) is 3.14. The Morgan fingerprint density at radius 1 is 0.833 bits per heavy atom. The lowest BCUT2D eigenvalue weighted by molar-refractivity contribution is -0.171. The topological polar surface area (TPSA) is 101 Å². The number of ether oxygens (including phenoxy) is 1. The molecule has 1 saturated heterocycles. The number of anilines is 1. The number of likely N-dealkylation sites (tertiary alicyclic amines) is 1. The highest BCUT2D eigenvalue weighted by Gasteiger charge is 2.41. The van der Waals surface area contributed by atoms with Crippen LogP contribution in [0.5, 0.6) is 5.75 Å². The lowest BCUT2D eigenvalue weighted by Gasteiger charge is -2.47. The lowest BCUT2D eigenvalue weighted by Crippen LogP contribution is -2.59. The van der Waals surface area contributed by atoms with Gasteiger partial charge in [0.15, 0.2) is 0 Å². The number of rotatable bonds is 15. The van der Waals surface area contributed by atoms with Gasteiger partial charge in [-0.1, -0.05) is 122 Å². The molecule has 1 aromatic heterocycles. The van der Waals surface area contributed by atoms with E-state index in [0.717, 1.165) is 40.9 Å². The average Bonchev–Trinajstić information content (AvgIpc) is 3.74. The van der Waals surface area contributed by atoms with Crippen molar-refractivity contribution in [3.05, 3.63) is 150 Å². The molecule has 2 N–H and O–H groups in total. The number of imidazole rings is 1. The molecule has 1 aliphatic heterocycles. The molecule has 2 fully saturated rings. The van der Waals surface area contributed by atoms with E-state index in [-0.39, 0.29) is 23.5 Å². The summed E-state index contributed by atoms with van der Waals surface area (Å²) in [5.74, 6) is 1.58. The first kappa shape index (κ1) is 42.7. The third-order valence-electron chi connectivity index (χ3n) is 12.3. The number of para-hydroxylation sites is 2. The molecule has 4 aromatic carbocycles. The van der Waals surface area contributed by atoms with Crippen LogP contribution in [0.1, 0.15) is 82.2 Å². The van der Waals surface area contributed by atoms with Gasteiger partial charge in [0.1, 0.15) is 22.9 Å². The number of carbonyl (C=O) groups is 2. The molecular weight excluding hydrogens is 749 g/mol. The zero-order valence-corrected chi connectivity index (χ0v) is 36.1. The van der Waals surface area contributed by atoms with E-state index in [1.165, 1.54) is 31.4 Å². The van der Waals surface area contributed by atoms with E-state index < -0.39 is 17.6 Å². The normalized spacial score (nSPS) is 19.2. The monoisotopic (exact) mass is 810 g/mol. The van der Waals surface area contributed by atoms with Crippen molar-refractivity contribution in [2.24, 2.45) is 11.8 Å². The van der Waals surface area contributed by atoms with Gasteiger partial charge in [0.2, 0.25) is 5.91 Å². The van der Waals surface area contributed by atoms with Gasteiger partial charge >= 0.3 is 0 Å². The van der Waals surface area contributed by atoms with Crippen LogP contribution < -0.4 is 15.4 Å². The highest BCUT2D eigenvalue weighted by molar-refractivity contribution is 5.85. The quantitative estimate of drug-likeness (QED) is 0.0811. The molecular formula is C50H62N6O4. The zero-order valence-electron chi connectivity index (χ0n) is 36.1. The number of carbonyl (C=O) groups excluding carboxylic acids is 2. The second-order valence-corrected chi connectivity index (χ2v) is 17.5. The van der Waals surface area contributed by atoms with Crippen molar-refractivity contribution in [2.75, 3.05) is 32.6 Å². The molecule has 5 aromatic rings. The maximum atomic E-state index is 14.5. The Morgan fingerprint density at radius 2 is 1.40 bits per heavy atom. The fraction of sp³-hybridized carbons (Fsp3) is 0.420. The molecule has 1 saturated carbocycles. The summed E-state index contributed by atoms with van der Waals surface area (Å²) in [4.78, 5) is 41.2. The number of fused-ring (bicyclic) bond motifs is 1. The average molecular weight is 811 g/mol. The molecule has 10 nitrogen and oxygen atoms in total. The molecule has 0 spiro atoms. The van der Waals surface area contributed by atoms with E-state index in [2.05, 4.69) is 99.1 Å². The largest absolute Gasteiger partial charge is 0.486 e. The van der Waals surface area contributed by atoms with Gasteiger partial charge in [-0.05, 0) is 81.2 Å². The maximum absolute atomic E-state index is 14.5. The fourth-order valence-corrected chi connectivity index (χ4v) is 9.41. The highest BCUT2D eigenvalue weighted by Crippen LogP contribution is 2.42.